The van der Waals surface area contributed by atoms with Gasteiger partial charge in [0.15, 0.2) is 0 Å². The van der Waals surface area contributed by atoms with Crippen molar-refractivity contribution in [1.29, 1.82) is 0 Å². The number of sulfonamides is 1. The lowest BCUT2D eigenvalue weighted by Crippen LogP contribution is -2.26. The second-order valence-electron chi connectivity index (χ2n) is 5.41. The molecule has 0 fully saturated rings. The third-order valence-electron chi connectivity index (χ3n) is 3.57. The van der Waals surface area contributed by atoms with Crippen LogP contribution in [0.3, 0.4) is 0 Å². The van der Waals surface area contributed by atoms with Crippen LogP contribution in [0.4, 0.5) is 0 Å². The van der Waals surface area contributed by atoms with E-state index in [1.165, 1.54) is 0 Å². The van der Waals surface area contributed by atoms with Crippen molar-refractivity contribution in [3.63, 3.8) is 0 Å². The molecule has 1 atom stereocenters. The van der Waals surface area contributed by atoms with Gasteiger partial charge in [0.25, 0.3) is 0 Å². The Morgan fingerprint density at radius 3 is 2.42 bits per heavy atom. The highest BCUT2D eigenvalue weighted by molar-refractivity contribution is 7.89. The summed E-state index contributed by atoms with van der Waals surface area (Å²) in [7, 11) is -3.52. The fourth-order valence-corrected chi connectivity index (χ4v) is 3.34. The zero-order chi connectivity index (χ0) is 17.4. The Balaban J connectivity index is 1.99. The third kappa shape index (κ3) is 5.20. The first-order valence-corrected chi connectivity index (χ1v) is 9.17. The molecule has 2 aromatic rings. The van der Waals surface area contributed by atoms with Crippen molar-refractivity contribution in [2.24, 2.45) is 0 Å². The van der Waals surface area contributed by atoms with Crippen molar-refractivity contribution < 1.29 is 13.2 Å². The van der Waals surface area contributed by atoms with Crippen molar-refractivity contribution in [3.05, 3.63) is 65.7 Å². The Kier molecular flexibility index (Phi) is 6.56. The Hall–Kier alpha value is -2.13. The second kappa shape index (κ2) is 8.65. The summed E-state index contributed by atoms with van der Waals surface area (Å²) in [5.74, 6) is 2.44. The minimum Gasteiger partial charge on any atom is -0.361 e. The Bertz CT molecular complexity index is 778. The van der Waals surface area contributed by atoms with Crippen LogP contribution < -0.4 is 4.72 Å². The number of terminal acetylenes is 1. The van der Waals surface area contributed by atoms with Gasteiger partial charge in [-0.2, -0.15) is 0 Å². The second-order valence-corrected chi connectivity index (χ2v) is 7.18. The lowest BCUT2D eigenvalue weighted by molar-refractivity contribution is 0.0723. The molecule has 0 aliphatic carbocycles. The molecule has 0 aliphatic rings. The van der Waals surface area contributed by atoms with E-state index in [-0.39, 0.29) is 24.2 Å². The topological polar surface area (TPSA) is 55.4 Å². The molecule has 0 saturated carbocycles. The smallest absolute Gasteiger partial charge is 0.240 e. The van der Waals surface area contributed by atoms with E-state index >= 15 is 0 Å². The van der Waals surface area contributed by atoms with Gasteiger partial charge >= 0.3 is 0 Å². The molecular formula is C19H21NO3S. The van der Waals surface area contributed by atoms with E-state index in [1.807, 2.05) is 37.3 Å². The van der Waals surface area contributed by atoms with Crippen LogP contribution in [0.1, 0.15) is 23.7 Å². The van der Waals surface area contributed by atoms with E-state index in [4.69, 9.17) is 11.2 Å². The molecular weight excluding hydrogens is 322 g/mol. The number of ether oxygens (including phenoxy) is 1. The lowest BCUT2D eigenvalue weighted by atomic mass is 10.1. The molecule has 126 valence electrons. The van der Waals surface area contributed by atoms with Crippen LogP contribution in [-0.2, 0) is 14.8 Å². The summed E-state index contributed by atoms with van der Waals surface area (Å²) < 4.78 is 32.8. The van der Waals surface area contributed by atoms with Gasteiger partial charge in [-0.1, -0.05) is 53.9 Å². The van der Waals surface area contributed by atoms with Gasteiger partial charge in [0.1, 0.15) is 6.61 Å². The summed E-state index contributed by atoms with van der Waals surface area (Å²) in [6.07, 6.45) is 5.50. The quantitative estimate of drug-likeness (QED) is 0.750. The highest BCUT2D eigenvalue weighted by atomic mass is 32.2. The van der Waals surface area contributed by atoms with Gasteiger partial charge in [-0.05, 0) is 31.0 Å². The number of nitrogens with one attached hydrogen (secondary N) is 1. The maximum atomic E-state index is 12.3. The number of hydrogen-bond acceptors (Lipinski definition) is 3. The lowest BCUT2D eigenvalue weighted by Gasteiger charge is -2.17. The summed E-state index contributed by atoms with van der Waals surface area (Å²) in [6, 6.07) is 16.4. The Labute approximate surface area is 143 Å². The summed E-state index contributed by atoms with van der Waals surface area (Å²) in [6.45, 7) is 2.36. The molecule has 0 bridgehead atoms. The zero-order valence-electron chi connectivity index (χ0n) is 13.6. The van der Waals surface area contributed by atoms with Crippen LogP contribution in [0.2, 0.25) is 0 Å². The largest absolute Gasteiger partial charge is 0.361 e. The molecule has 24 heavy (non-hydrogen) atoms. The normalized spacial score (nSPS) is 12.5. The number of benzene rings is 2. The standard InChI is InChI=1S/C19H21NO3S/c1-3-15-23-19(17-7-5-4-6-8-17)13-14-20-24(21,22)18-11-9-16(2)10-12-18/h1,4-12,19-20H,13-15H2,2H3/t19-/m1/s1. The first-order valence-electron chi connectivity index (χ1n) is 7.69. The molecule has 0 aromatic heterocycles. The molecule has 2 rings (SSSR count). The molecule has 0 heterocycles. The van der Waals surface area contributed by atoms with Gasteiger partial charge in [-0.25, -0.2) is 13.1 Å². The number of hydrogen-bond donors (Lipinski definition) is 1. The minimum absolute atomic E-state index is 0.185. The maximum absolute atomic E-state index is 12.3. The highest BCUT2D eigenvalue weighted by Gasteiger charge is 2.16. The zero-order valence-corrected chi connectivity index (χ0v) is 14.4. The molecule has 5 heteroatoms. The molecule has 0 saturated heterocycles. The van der Waals surface area contributed by atoms with E-state index in [0.717, 1.165) is 11.1 Å². The molecule has 0 spiro atoms. The van der Waals surface area contributed by atoms with Crippen molar-refractivity contribution in [3.8, 4) is 12.3 Å². The van der Waals surface area contributed by atoms with Gasteiger partial charge in [0.2, 0.25) is 10.0 Å². The van der Waals surface area contributed by atoms with Gasteiger partial charge in [-0.15, -0.1) is 6.42 Å². The van der Waals surface area contributed by atoms with Crippen LogP contribution in [-0.4, -0.2) is 21.6 Å². The molecule has 1 N–H and O–H groups in total. The van der Waals surface area contributed by atoms with Crippen LogP contribution in [0, 0.1) is 19.3 Å². The Morgan fingerprint density at radius 2 is 1.79 bits per heavy atom. The number of rotatable bonds is 8. The number of aryl methyl sites for hydroxylation is 1. The predicted octanol–water partition coefficient (Wildman–Crippen LogP) is 3.05. The summed E-state index contributed by atoms with van der Waals surface area (Å²) >= 11 is 0. The van der Waals surface area contributed by atoms with E-state index in [0.29, 0.717) is 6.42 Å². The van der Waals surface area contributed by atoms with Crippen LogP contribution in [0.15, 0.2) is 59.5 Å². The van der Waals surface area contributed by atoms with Gasteiger partial charge in [0.05, 0.1) is 11.0 Å². The van der Waals surface area contributed by atoms with E-state index in [1.54, 1.807) is 24.3 Å². The maximum Gasteiger partial charge on any atom is 0.240 e. The molecule has 0 aliphatic heterocycles. The van der Waals surface area contributed by atoms with Crippen molar-refractivity contribution in [2.45, 2.75) is 24.3 Å². The fraction of sp³-hybridized carbons (Fsp3) is 0.263. The van der Waals surface area contributed by atoms with E-state index in [9.17, 15) is 8.42 Å². The van der Waals surface area contributed by atoms with E-state index < -0.39 is 10.0 Å². The molecule has 0 amide bonds. The fourth-order valence-electron chi connectivity index (χ4n) is 2.29. The highest BCUT2D eigenvalue weighted by Crippen LogP contribution is 2.20. The van der Waals surface area contributed by atoms with Gasteiger partial charge in [0, 0.05) is 6.54 Å². The van der Waals surface area contributed by atoms with Crippen molar-refractivity contribution in [2.75, 3.05) is 13.2 Å². The predicted molar refractivity (Wildman–Crippen MR) is 95.0 cm³/mol. The average molecular weight is 343 g/mol. The van der Waals surface area contributed by atoms with Crippen LogP contribution in [0.25, 0.3) is 0 Å². The summed E-state index contributed by atoms with van der Waals surface area (Å²) in [5, 5.41) is 0. The summed E-state index contributed by atoms with van der Waals surface area (Å²) in [4.78, 5) is 0.258. The monoisotopic (exact) mass is 343 g/mol. The van der Waals surface area contributed by atoms with Crippen molar-refractivity contribution in [1.82, 2.24) is 4.72 Å². The first-order chi connectivity index (χ1) is 11.5. The minimum atomic E-state index is -3.52. The SMILES string of the molecule is C#CCO[C@H](CCNS(=O)(=O)c1ccc(C)cc1)c1ccccc1. The van der Waals surface area contributed by atoms with Gasteiger partial charge in [-0.3, -0.25) is 0 Å². The molecule has 0 unspecified atom stereocenters. The first kappa shape index (κ1) is 18.2. The van der Waals surface area contributed by atoms with E-state index in [2.05, 4.69) is 10.6 Å². The molecule has 0 radical (unpaired) electrons. The molecule has 4 nitrogen and oxygen atoms in total. The van der Waals surface area contributed by atoms with Gasteiger partial charge < -0.3 is 4.74 Å². The van der Waals surface area contributed by atoms with Crippen LogP contribution >= 0.6 is 0 Å². The summed E-state index contributed by atoms with van der Waals surface area (Å²) in [5.41, 5.74) is 1.99. The Morgan fingerprint density at radius 1 is 1.12 bits per heavy atom. The average Bonchev–Trinajstić information content (AvgIpc) is 2.59. The van der Waals surface area contributed by atoms with Crippen molar-refractivity contribution >= 4 is 10.0 Å². The third-order valence-corrected chi connectivity index (χ3v) is 5.05. The van der Waals surface area contributed by atoms with Crippen LogP contribution in [0.5, 0.6) is 0 Å². The molecule has 2 aromatic carbocycles.